The van der Waals surface area contributed by atoms with E-state index in [0.717, 1.165) is 12.1 Å². The van der Waals surface area contributed by atoms with Crippen molar-refractivity contribution in [1.82, 2.24) is 4.72 Å². The Morgan fingerprint density at radius 3 is 2.10 bits per heavy atom. The topological polar surface area (TPSA) is 89.3 Å². The Bertz CT molecular complexity index is 859. The maximum absolute atomic E-state index is 12.3. The first-order chi connectivity index (χ1) is 9.53. The first-order valence-electron chi connectivity index (χ1n) is 5.65. The summed E-state index contributed by atoms with van der Waals surface area (Å²) in [5.74, 6) is 0. The second-order valence-electron chi connectivity index (χ2n) is 5.15. The zero-order valence-electron chi connectivity index (χ0n) is 11.5. The van der Waals surface area contributed by atoms with Crippen molar-refractivity contribution in [3.05, 3.63) is 32.7 Å². The number of nitro groups is 1. The molecule has 0 saturated heterocycles. The van der Waals surface area contributed by atoms with E-state index in [-0.39, 0.29) is 21.0 Å². The van der Waals surface area contributed by atoms with Crippen molar-refractivity contribution < 1.29 is 13.3 Å². The molecule has 1 aromatic rings. The summed E-state index contributed by atoms with van der Waals surface area (Å²) in [6, 6.07) is 2.17. The van der Waals surface area contributed by atoms with Crippen LogP contribution in [0.4, 0.5) is 5.69 Å². The lowest BCUT2D eigenvalue weighted by atomic mass is 10.1. The van der Waals surface area contributed by atoms with Gasteiger partial charge in [-0.15, -0.1) is 0 Å². The summed E-state index contributed by atoms with van der Waals surface area (Å²) in [6.07, 6.45) is 0. The third kappa shape index (κ3) is 4.01. The highest BCUT2D eigenvalue weighted by Crippen LogP contribution is 2.10. The molecule has 0 aromatic heterocycles. The summed E-state index contributed by atoms with van der Waals surface area (Å²) >= 11 is 9.28. The number of benzene rings is 1. The van der Waals surface area contributed by atoms with Gasteiger partial charge < -0.3 is 0 Å². The maximum Gasteiger partial charge on any atom is 0.286 e. The van der Waals surface area contributed by atoms with Crippen LogP contribution < -0.4 is 15.2 Å². The summed E-state index contributed by atoms with van der Waals surface area (Å²) in [4.78, 5) is 10.0. The van der Waals surface area contributed by atoms with Gasteiger partial charge in [-0.2, -0.15) is 0 Å². The highest BCUT2D eigenvalue weighted by Gasteiger charge is 2.25. The Balaban J connectivity index is 3.83. The van der Waals surface area contributed by atoms with Gasteiger partial charge >= 0.3 is 0 Å². The van der Waals surface area contributed by atoms with E-state index in [0.29, 0.717) is 0 Å². The molecule has 0 bridgehead atoms. The summed E-state index contributed by atoms with van der Waals surface area (Å²) in [5, 5.41) is 15.1. The lowest BCUT2D eigenvalue weighted by Crippen LogP contribution is -2.44. The van der Waals surface area contributed by atoms with Gasteiger partial charge in [0.05, 0.1) is 15.0 Å². The molecule has 0 amide bonds. The molecular weight excluding hydrogens is 332 g/mol. The second kappa shape index (κ2) is 6.11. The summed E-state index contributed by atoms with van der Waals surface area (Å²) in [6.45, 7) is 5.01. The predicted molar refractivity (Wildman–Crippen MR) is 85.8 cm³/mol. The number of rotatable bonds is 3. The van der Waals surface area contributed by atoms with Crippen LogP contribution in [0.2, 0.25) is 0 Å². The molecule has 0 spiro atoms. The molecule has 112 valence electrons. The number of sulfonamides is 1. The van der Waals surface area contributed by atoms with Gasteiger partial charge in [-0.25, -0.2) is 13.1 Å². The first-order valence-corrected chi connectivity index (χ1v) is 7.95. The number of nitro benzene ring substituents is 1. The minimum absolute atomic E-state index is 0.133. The molecular formula is C12H12N2O4S3. The van der Waals surface area contributed by atoms with Crippen molar-refractivity contribution >= 4 is 50.2 Å². The molecule has 21 heavy (non-hydrogen) atoms. The number of nitrogens with one attached hydrogen (secondary N) is 1. The fourth-order valence-corrected chi connectivity index (χ4v) is 3.68. The summed E-state index contributed by atoms with van der Waals surface area (Å²) in [7, 11) is -3.92. The van der Waals surface area contributed by atoms with Crippen LogP contribution in [0.1, 0.15) is 20.8 Å². The highest BCUT2D eigenvalue weighted by molar-refractivity contribution is 7.89. The van der Waals surface area contributed by atoms with E-state index in [4.69, 9.17) is 0 Å². The number of non-ortho nitro benzene ring substituents is 1. The van der Waals surface area contributed by atoms with Crippen molar-refractivity contribution in [3.8, 4) is 0 Å². The van der Waals surface area contributed by atoms with E-state index in [1.165, 1.54) is 0 Å². The normalized spacial score (nSPS) is 11.6. The molecule has 9 heteroatoms. The molecule has 1 N–H and O–H groups in total. The molecule has 6 nitrogen and oxygen atoms in total. The number of nitrogens with zero attached hydrogens (tertiary/aromatic N) is 1. The van der Waals surface area contributed by atoms with Crippen LogP contribution in [-0.2, 0) is 10.0 Å². The second-order valence-corrected chi connectivity index (χ2v) is 7.21. The summed E-state index contributed by atoms with van der Waals surface area (Å²) < 4.78 is 27.1. The maximum atomic E-state index is 12.3. The van der Waals surface area contributed by atoms with Crippen LogP contribution in [0.3, 0.4) is 0 Å². The van der Waals surface area contributed by atoms with Gasteiger partial charge in [0.25, 0.3) is 5.69 Å². The fourth-order valence-electron chi connectivity index (χ4n) is 1.61. The van der Waals surface area contributed by atoms with E-state index >= 15 is 0 Å². The highest BCUT2D eigenvalue weighted by atomic mass is 32.2. The average molecular weight is 344 g/mol. The fraction of sp³-hybridized carbons (Fsp3) is 0.333. The van der Waals surface area contributed by atoms with E-state index in [2.05, 4.69) is 39.2 Å². The number of hydrogen-bond acceptors (Lipinski definition) is 6. The quantitative estimate of drug-likeness (QED) is 0.479. The van der Waals surface area contributed by atoms with Gasteiger partial charge in [0.1, 0.15) is 5.22 Å². The van der Waals surface area contributed by atoms with Gasteiger partial charge in [-0.1, -0.05) is 0 Å². The Labute approximate surface area is 132 Å². The third-order valence-corrected chi connectivity index (χ3v) is 4.48. The van der Waals surface area contributed by atoms with Crippen molar-refractivity contribution in [2.45, 2.75) is 31.2 Å². The Kier molecular flexibility index (Phi) is 5.11. The minimum atomic E-state index is -3.92. The van der Waals surface area contributed by atoms with E-state index in [1.807, 2.05) is 0 Å². The van der Waals surface area contributed by atoms with Crippen LogP contribution in [0, 0.1) is 10.1 Å². The zero-order valence-corrected chi connectivity index (χ0v) is 13.9. The van der Waals surface area contributed by atoms with Crippen molar-refractivity contribution in [3.63, 3.8) is 0 Å². The van der Waals surface area contributed by atoms with Gasteiger partial charge in [-0.3, -0.25) is 10.1 Å². The third-order valence-electron chi connectivity index (χ3n) is 2.28. The predicted octanol–water partition coefficient (Wildman–Crippen LogP) is 0.212. The van der Waals surface area contributed by atoms with Crippen molar-refractivity contribution in [1.29, 1.82) is 0 Å². The largest absolute Gasteiger partial charge is 0.286 e. The van der Waals surface area contributed by atoms with Gasteiger partial charge in [-0.05, 0) is 61.3 Å². The van der Waals surface area contributed by atoms with E-state index in [1.54, 1.807) is 20.8 Å². The van der Waals surface area contributed by atoms with Gasteiger partial charge in [0.15, 0.2) is 0 Å². The van der Waals surface area contributed by atoms with E-state index < -0.39 is 20.5 Å². The van der Waals surface area contributed by atoms with Crippen LogP contribution in [0.5, 0.6) is 0 Å². The lowest BCUT2D eigenvalue weighted by Gasteiger charge is -2.20. The molecule has 1 rings (SSSR count). The van der Waals surface area contributed by atoms with Crippen LogP contribution in [-0.4, -0.2) is 28.9 Å². The Morgan fingerprint density at radius 2 is 1.71 bits per heavy atom. The molecule has 0 radical (unpaired) electrons. The average Bonchev–Trinajstić information content (AvgIpc) is 2.33. The SMILES string of the molecule is CC(C)(C)NS(=O)(=O)c1ccc([N+](=O)[O-])c(=C=S)c1=C=S. The molecule has 1 aromatic carbocycles. The Morgan fingerprint density at radius 1 is 1.19 bits per heavy atom. The van der Waals surface area contributed by atoms with Crippen LogP contribution in [0.25, 0.3) is 0 Å². The molecule has 0 saturated carbocycles. The van der Waals surface area contributed by atoms with Crippen molar-refractivity contribution in [2.75, 3.05) is 0 Å². The molecule has 0 atom stereocenters. The standard InChI is InChI=1S/C12H12N2O4S3/c1-12(2,3)13-21(17,18)11-5-4-10(14(15)16)8(6-19)9(11)7-20/h4-5,13H,1-3H3. The molecule has 0 aliphatic heterocycles. The number of thiocarbonyl (C=S) groups is 2. The monoisotopic (exact) mass is 344 g/mol. The van der Waals surface area contributed by atoms with Crippen LogP contribution >= 0.6 is 24.4 Å². The first kappa shape index (κ1) is 17.6. The Hall–Kier alpha value is -1.47. The van der Waals surface area contributed by atoms with Gasteiger partial charge in [0.2, 0.25) is 10.0 Å². The lowest BCUT2D eigenvalue weighted by molar-refractivity contribution is -0.385. The minimum Gasteiger partial charge on any atom is -0.258 e. The smallest absolute Gasteiger partial charge is 0.258 e. The molecule has 0 unspecified atom stereocenters. The number of hydrogen-bond donors (Lipinski definition) is 1. The van der Waals surface area contributed by atoms with Crippen LogP contribution in [0.15, 0.2) is 17.0 Å². The zero-order chi connectivity index (χ0) is 16.4. The molecule has 0 aliphatic rings. The molecule has 0 aliphatic carbocycles. The molecule has 0 fully saturated rings. The van der Waals surface area contributed by atoms with E-state index in [9.17, 15) is 18.5 Å². The van der Waals surface area contributed by atoms with Crippen molar-refractivity contribution in [2.24, 2.45) is 0 Å². The van der Waals surface area contributed by atoms with Gasteiger partial charge in [0, 0.05) is 11.6 Å². The molecule has 0 heterocycles. The summed E-state index contributed by atoms with van der Waals surface area (Å²) in [5.41, 5.74) is -1.09.